The molecule has 0 fully saturated rings. The first-order valence-corrected chi connectivity index (χ1v) is 18.4. The largest absolute Gasteiger partial charge is 0.309 e. The summed E-state index contributed by atoms with van der Waals surface area (Å²) in [4.78, 5) is 0. The van der Waals surface area contributed by atoms with Crippen LogP contribution < -0.4 is 0 Å². The van der Waals surface area contributed by atoms with Gasteiger partial charge in [-0.15, -0.1) is 11.3 Å². The number of fused-ring (bicyclic) bond motifs is 9. The van der Waals surface area contributed by atoms with Crippen LogP contribution in [0.1, 0.15) is 50.7 Å². The number of unbranched alkanes of at least 4 members (excludes halogenated alkanes) is 1. The predicted molar refractivity (Wildman–Crippen MR) is 210 cm³/mol. The van der Waals surface area contributed by atoms with Gasteiger partial charge >= 0.3 is 0 Å². The van der Waals surface area contributed by atoms with Crippen molar-refractivity contribution in [2.24, 2.45) is 5.92 Å². The molecule has 0 aliphatic carbocycles. The molecule has 0 aliphatic rings. The summed E-state index contributed by atoms with van der Waals surface area (Å²) in [7, 11) is 0. The molecule has 1 unspecified atom stereocenters. The predicted octanol–water partition coefficient (Wildman–Crippen LogP) is 12.9. The molecule has 6 aromatic carbocycles. The second-order valence-corrected chi connectivity index (χ2v) is 14.6. The Bertz CT molecular complexity index is 2750. The lowest BCUT2D eigenvalue weighted by Gasteiger charge is -2.15. The fourth-order valence-corrected chi connectivity index (χ4v) is 9.12. The molecule has 49 heavy (non-hydrogen) atoms. The van der Waals surface area contributed by atoms with E-state index in [1.807, 2.05) is 23.5 Å². The van der Waals surface area contributed by atoms with E-state index in [9.17, 15) is 5.26 Å². The number of rotatable bonds is 8. The lowest BCUT2D eigenvalue weighted by molar-refractivity contribution is 0.449. The number of aromatic nitrogens is 2. The third-order valence-electron chi connectivity index (χ3n) is 10.6. The van der Waals surface area contributed by atoms with Gasteiger partial charge in [0, 0.05) is 53.1 Å². The molecule has 0 spiro atoms. The van der Waals surface area contributed by atoms with E-state index in [0.717, 1.165) is 39.8 Å². The van der Waals surface area contributed by atoms with Crippen molar-refractivity contribution < 1.29 is 0 Å². The molecule has 0 saturated heterocycles. The van der Waals surface area contributed by atoms with Gasteiger partial charge in [0.25, 0.3) is 0 Å². The normalized spacial score (nSPS) is 12.6. The molecule has 9 aromatic rings. The Labute approximate surface area is 290 Å². The molecular weight excluding hydrogens is 615 g/mol. The smallest absolute Gasteiger partial charge is 0.0991 e. The highest BCUT2D eigenvalue weighted by Gasteiger charge is 2.17. The van der Waals surface area contributed by atoms with Gasteiger partial charge in [-0.25, -0.2) is 0 Å². The van der Waals surface area contributed by atoms with Crippen LogP contribution in [0, 0.1) is 17.2 Å². The zero-order valence-electron chi connectivity index (χ0n) is 27.9. The van der Waals surface area contributed by atoms with E-state index < -0.39 is 0 Å². The minimum Gasteiger partial charge on any atom is -0.309 e. The van der Waals surface area contributed by atoms with E-state index in [1.54, 1.807) is 0 Å². The summed E-state index contributed by atoms with van der Waals surface area (Å²) in [5.74, 6) is 0.738. The lowest BCUT2D eigenvalue weighted by Crippen LogP contribution is -2.03. The van der Waals surface area contributed by atoms with E-state index >= 15 is 0 Å². The van der Waals surface area contributed by atoms with E-state index in [2.05, 4.69) is 138 Å². The minimum atomic E-state index is 0.681. The van der Waals surface area contributed by atoms with Gasteiger partial charge in [0.1, 0.15) is 0 Å². The van der Waals surface area contributed by atoms with E-state index in [-0.39, 0.29) is 0 Å². The van der Waals surface area contributed by atoms with Crippen molar-refractivity contribution in [2.75, 3.05) is 0 Å². The second-order valence-electron chi connectivity index (χ2n) is 13.5. The SMILES string of the molecule is CCCCC(CC)Cc1ccc2c(c1)c1ccccc1n2-c1ccc2sc3ccc(-n4c5ccccc5c5cc(C#N)ccc54)cc3c2c1. The molecule has 3 nitrogen and oxygen atoms in total. The van der Waals surface area contributed by atoms with Crippen molar-refractivity contribution in [3.63, 3.8) is 0 Å². The number of hydrogen-bond acceptors (Lipinski definition) is 2. The highest BCUT2D eigenvalue weighted by molar-refractivity contribution is 7.25. The Morgan fingerprint density at radius 1 is 0.592 bits per heavy atom. The van der Waals surface area contributed by atoms with Crippen LogP contribution in [0.2, 0.25) is 0 Å². The molecule has 238 valence electrons. The fraction of sp³-hybridized carbons (Fsp3) is 0.178. The van der Waals surface area contributed by atoms with Gasteiger partial charge in [0.15, 0.2) is 0 Å². The van der Waals surface area contributed by atoms with Gasteiger partial charge in [0.05, 0.1) is 33.7 Å². The maximum absolute atomic E-state index is 9.62. The zero-order valence-corrected chi connectivity index (χ0v) is 28.7. The fourth-order valence-electron chi connectivity index (χ4n) is 8.05. The summed E-state index contributed by atoms with van der Waals surface area (Å²) in [6, 6.07) is 46.7. The maximum Gasteiger partial charge on any atom is 0.0991 e. The zero-order chi connectivity index (χ0) is 33.1. The summed E-state index contributed by atoms with van der Waals surface area (Å²) in [6.45, 7) is 4.63. The Morgan fingerprint density at radius 3 is 1.76 bits per heavy atom. The number of nitriles is 1. The highest BCUT2D eigenvalue weighted by Crippen LogP contribution is 2.40. The average Bonchev–Trinajstić information content (AvgIpc) is 3.79. The van der Waals surface area contributed by atoms with E-state index in [4.69, 9.17) is 0 Å². The summed E-state index contributed by atoms with van der Waals surface area (Å²) < 4.78 is 7.37. The number of thiophene rings is 1. The standard InChI is InChI=1S/C45H37N3S/c1-3-5-10-29(4-2)23-30-15-19-42-36(24-30)34-11-6-8-13-40(34)47(42)32-17-21-44-38(26-32)39-27-33(18-22-45(39)49-44)48-41-14-9-7-12-35(41)37-25-31(28-46)16-20-43(37)48/h6-9,11-22,24-27,29H,3-5,10,23H2,1-2H3. The van der Waals surface area contributed by atoms with Gasteiger partial charge in [-0.05, 0) is 96.8 Å². The molecule has 3 heterocycles. The third-order valence-corrected chi connectivity index (χ3v) is 11.7. The summed E-state index contributed by atoms with van der Waals surface area (Å²) in [6.07, 6.45) is 6.26. The van der Waals surface area contributed by atoms with Gasteiger partial charge < -0.3 is 9.13 Å². The Balaban J connectivity index is 1.20. The Hall–Kier alpha value is -5.37. The van der Waals surface area contributed by atoms with Crippen molar-refractivity contribution in [1.82, 2.24) is 9.13 Å². The molecule has 4 heteroatoms. The number of para-hydroxylation sites is 2. The van der Waals surface area contributed by atoms with Crippen molar-refractivity contribution in [3.05, 3.63) is 132 Å². The van der Waals surface area contributed by atoms with Gasteiger partial charge in [-0.2, -0.15) is 5.26 Å². The topological polar surface area (TPSA) is 33.6 Å². The van der Waals surface area contributed by atoms with E-state index in [1.165, 1.54) is 78.9 Å². The number of benzene rings is 6. The monoisotopic (exact) mass is 651 g/mol. The van der Waals surface area contributed by atoms with Crippen LogP contribution in [-0.2, 0) is 6.42 Å². The highest BCUT2D eigenvalue weighted by atomic mass is 32.1. The van der Waals surface area contributed by atoms with Crippen molar-refractivity contribution >= 4 is 75.1 Å². The molecule has 0 N–H and O–H groups in total. The molecule has 0 aliphatic heterocycles. The number of nitrogens with zero attached hydrogens (tertiary/aromatic N) is 3. The third kappa shape index (κ3) is 4.84. The maximum atomic E-state index is 9.62. The summed E-state index contributed by atoms with van der Waals surface area (Å²) in [5, 5.41) is 17.1. The average molecular weight is 652 g/mol. The van der Waals surface area contributed by atoms with Crippen molar-refractivity contribution in [1.29, 1.82) is 5.26 Å². The minimum absolute atomic E-state index is 0.681. The second kappa shape index (κ2) is 11.9. The van der Waals surface area contributed by atoms with E-state index in [0.29, 0.717) is 5.56 Å². The van der Waals surface area contributed by atoms with Gasteiger partial charge in [-0.3, -0.25) is 0 Å². The lowest BCUT2D eigenvalue weighted by atomic mass is 9.91. The van der Waals surface area contributed by atoms with Crippen LogP contribution in [0.5, 0.6) is 0 Å². The molecule has 0 saturated carbocycles. The van der Waals surface area contributed by atoms with Crippen LogP contribution in [0.25, 0.3) is 75.2 Å². The first kappa shape index (κ1) is 29.7. The summed E-state index contributed by atoms with van der Waals surface area (Å²) >= 11 is 1.85. The number of hydrogen-bond donors (Lipinski definition) is 0. The van der Waals surface area contributed by atoms with Gasteiger partial charge in [-0.1, -0.05) is 82.0 Å². The quantitative estimate of drug-likeness (QED) is 0.161. The molecular formula is C45H37N3S. The summed E-state index contributed by atoms with van der Waals surface area (Å²) in [5.41, 5.74) is 9.20. The first-order valence-electron chi connectivity index (χ1n) is 17.6. The molecule has 9 rings (SSSR count). The van der Waals surface area contributed by atoms with Crippen molar-refractivity contribution in [2.45, 2.75) is 46.0 Å². The molecule has 3 aromatic heterocycles. The first-order chi connectivity index (χ1) is 24.1. The Kier molecular flexibility index (Phi) is 7.25. The van der Waals surface area contributed by atoms with Crippen molar-refractivity contribution in [3.8, 4) is 17.4 Å². The van der Waals surface area contributed by atoms with Crippen LogP contribution in [0.15, 0.2) is 121 Å². The molecule has 0 bridgehead atoms. The molecule has 0 amide bonds. The van der Waals surface area contributed by atoms with Crippen LogP contribution in [-0.4, -0.2) is 9.13 Å². The molecule has 1 atom stereocenters. The molecule has 0 radical (unpaired) electrons. The Morgan fingerprint density at radius 2 is 1.16 bits per heavy atom. The van der Waals surface area contributed by atoms with Crippen LogP contribution in [0.4, 0.5) is 0 Å². The van der Waals surface area contributed by atoms with Gasteiger partial charge in [0.2, 0.25) is 0 Å². The van der Waals surface area contributed by atoms with Crippen LogP contribution in [0.3, 0.4) is 0 Å². The van der Waals surface area contributed by atoms with Crippen LogP contribution >= 0.6 is 11.3 Å².